The van der Waals surface area contributed by atoms with Crippen LogP contribution in [0.15, 0.2) is 59.1 Å². The van der Waals surface area contributed by atoms with Crippen LogP contribution in [0.25, 0.3) is 0 Å². The van der Waals surface area contributed by atoms with E-state index < -0.39 is 23.8 Å². The summed E-state index contributed by atoms with van der Waals surface area (Å²) in [6.45, 7) is 5.72. The zero-order chi connectivity index (χ0) is 23.3. The predicted octanol–water partition coefficient (Wildman–Crippen LogP) is 4.64. The highest BCUT2D eigenvalue weighted by atomic mass is 79.9. The van der Waals surface area contributed by atoms with E-state index in [1.54, 1.807) is 62.1 Å². The summed E-state index contributed by atoms with van der Waals surface area (Å²) in [5, 5.41) is 5.57. The highest BCUT2D eigenvalue weighted by Crippen LogP contribution is 2.25. The van der Waals surface area contributed by atoms with Gasteiger partial charge in [0.05, 0.1) is 0 Å². The second-order valence-corrected chi connectivity index (χ2v) is 9.59. The van der Waals surface area contributed by atoms with Gasteiger partial charge in [-0.2, -0.15) is 0 Å². The van der Waals surface area contributed by atoms with Crippen LogP contribution in [0.5, 0.6) is 0 Å². The van der Waals surface area contributed by atoms with E-state index in [1.165, 1.54) is 0 Å². The van der Waals surface area contributed by atoms with Crippen LogP contribution in [-0.2, 0) is 14.3 Å². The van der Waals surface area contributed by atoms with Crippen molar-refractivity contribution in [2.45, 2.75) is 51.3 Å². The first-order valence-electron chi connectivity index (χ1n) is 10.6. The van der Waals surface area contributed by atoms with Gasteiger partial charge in [-0.25, -0.2) is 4.79 Å². The summed E-state index contributed by atoms with van der Waals surface area (Å²) in [5.41, 5.74) is 0.584. The lowest BCUT2D eigenvalue weighted by Crippen LogP contribution is -2.49. The first-order chi connectivity index (χ1) is 15.1. The molecule has 3 amide bonds. The molecule has 2 aromatic rings. The van der Waals surface area contributed by atoms with Gasteiger partial charge in [0.1, 0.15) is 17.7 Å². The van der Waals surface area contributed by atoms with E-state index in [2.05, 4.69) is 26.6 Å². The Bertz CT molecular complexity index is 957. The van der Waals surface area contributed by atoms with Crippen LogP contribution >= 0.6 is 15.9 Å². The predicted molar refractivity (Wildman–Crippen MR) is 126 cm³/mol. The fraction of sp³-hybridized carbons (Fsp3) is 0.375. The van der Waals surface area contributed by atoms with Crippen LogP contribution in [0.1, 0.15) is 45.2 Å². The summed E-state index contributed by atoms with van der Waals surface area (Å²) in [6, 6.07) is 14.7. The van der Waals surface area contributed by atoms with Gasteiger partial charge in [-0.1, -0.05) is 46.3 Å². The Hall–Kier alpha value is -2.87. The highest BCUT2D eigenvalue weighted by Gasteiger charge is 2.38. The lowest BCUT2D eigenvalue weighted by Gasteiger charge is -2.29. The van der Waals surface area contributed by atoms with Crippen molar-refractivity contribution in [3.63, 3.8) is 0 Å². The molecule has 0 aliphatic carbocycles. The average Bonchev–Trinajstić information content (AvgIpc) is 3.23. The third kappa shape index (κ3) is 6.32. The molecule has 2 aromatic carbocycles. The zero-order valence-corrected chi connectivity index (χ0v) is 20.0. The molecular formula is C24H28BrN3O4. The zero-order valence-electron chi connectivity index (χ0n) is 18.4. The van der Waals surface area contributed by atoms with E-state index in [4.69, 9.17) is 4.74 Å². The Morgan fingerprint density at radius 3 is 2.34 bits per heavy atom. The minimum atomic E-state index is -0.952. The Kier molecular flexibility index (Phi) is 7.56. The summed E-state index contributed by atoms with van der Waals surface area (Å²) in [4.78, 5) is 40.5. The number of ether oxygens (including phenoxy) is 1. The lowest BCUT2D eigenvalue weighted by molar-refractivity contribution is -0.138. The Balaban J connectivity index is 1.78. The monoisotopic (exact) mass is 501 g/mol. The van der Waals surface area contributed by atoms with E-state index in [0.717, 1.165) is 4.47 Å². The molecule has 1 aliphatic rings. The van der Waals surface area contributed by atoms with Crippen LogP contribution in [0.3, 0.4) is 0 Å². The standard InChI is InChI=1S/C24H28BrN3O4/c1-24(2,3)32-23(31)27-20(16-8-5-4-6-9-16)22(30)28-15-7-10-19(28)21(29)26-18-13-11-17(25)12-14-18/h4-6,8-9,11-14,19-20H,7,10,15H2,1-3H3,(H,26,29)(H,27,31). The van der Waals surface area contributed by atoms with Crippen LogP contribution in [0.2, 0.25) is 0 Å². The van der Waals surface area contributed by atoms with E-state index in [-0.39, 0.29) is 11.8 Å². The number of carbonyl (C=O) groups is 3. The van der Waals surface area contributed by atoms with Gasteiger partial charge in [-0.05, 0) is 63.4 Å². The van der Waals surface area contributed by atoms with E-state index in [1.807, 2.05) is 18.2 Å². The third-order valence-corrected chi connectivity index (χ3v) is 5.52. The van der Waals surface area contributed by atoms with Crippen molar-refractivity contribution in [2.24, 2.45) is 0 Å². The number of alkyl carbamates (subject to hydrolysis) is 1. The number of rotatable bonds is 5. The molecule has 0 spiro atoms. The minimum Gasteiger partial charge on any atom is -0.444 e. The van der Waals surface area contributed by atoms with Gasteiger partial charge in [-0.3, -0.25) is 9.59 Å². The number of nitrogens with zero attached hydrogens (tertiary/aromatic N) is 1. The van der Waals surface area contributed by atoms with Crippen LogP contribution < -0.4 is 10.6 Å². The van der Waals surface area contributed by atoms with Gasteiger partial charge in [0.2, 0.25) is 5.91 Å². The lowest BCUT2D eigenvalue weighted by atomic mass is 10.0. The largest absolute Gasteiger partial charge is 0.444 e. The number of hydrogen-bond donors (Lipinski definition) is 2. The molecule has 2 unspecified atom stereocenters. The molecule has 32 heavy (non-hydrogen) atoms. The van der Waals surface area contributed by atoms with E-state index >= 15 is 0 Å². The van der Waals surface area contributed by atoms with Crippen molar-refractivity contribution in [3.8, 4) is 0 Å². The van der Waals surface area contributed by atoms with Crippen molar-refractivity contribution in [1.29, 1.82) is 0 Å². The molecule has 1 aliphatic heterocycles. The molecule has 1 fully saturated rings. The van der Waals surface area contributed by atoms with Crippen molar-refractivity contribution >= 4 is 39.5 Å². The molecule has 8 heteroatoms. The maximum absolute atomic E-state index is 13.5. The first kappa shape index (κ1) is 23.8. The first-order valence-corrected chi connectivity index (χ1v) is 11.3. The third-order valence-electron chi connectivity index (χ3n) is 4.99. The molecule has 170 valence electrons. The molecular weight excluding hydrogens is 474 g/mol. The van der Waals surface area contributed by atoms with Crippen molar-refractivity contribution in [3.05, 3.63) is 64.6 Å². The van der Waals surface area contributed by atoms with Crippen molar-refractivity contribution in [1.82, 2.24) is 10.2 Å². The minimum absolute atomic E-state index is 0.248. The Labute approximate surface area is 196 Å². The van der Waals surface area contributed by atoms with Crippen molar-refractivity contribution < 1.29 is 19.1 Å². The maximum Gasteiger partial charge on any atom is 0.408 e. The Morgan fingerprint density at radius 2 is 1.72 bits per heavy atom. The Morgan fingerprint density at radius 1 is 1.06 bits per heavy atom. The van der Waals surface area contributed by atoms with Gasteiger partial charge in [0.25, 0.3) is 5.91 Å². The summed E-state index contributed by atoms with van der Waals surface area (Å²) in [5.74, 6) is -0.585. The number of likely N-dealkylation sites (tertiary alicyclic amines) is 1. The second-order valence-electron chi connectivity index (χ2n) is 8.68. The van der Waals surface area contributed by atoms with E-state index in [9.17, 15) is 14.4 Å². The fourth-order valence-corrected chi connectivity index (χ4v) is 3.85. The van der Waals surface area contributed by atoms with Crippen LogP contribution in [0, 0.1) is 0 Å². The van der Waals surface area contributed by atoms with Gasteiger partial charge in [0.15, 0.2) is 0 Å². The van der Waals surface area contributed by atoms with Crippen molar-refractivity contribution in [2.75, 3.05) is 11.9 Å². The molecule has 0 bridgehead atoms. The molecule has 7 nitrogen and oxygen atoms in total. The average molecular weight is 502 g/mol. The highest BCUT2D eigenvalue weighted by molar-refractivity contribution is 9.10. The molecule has 0 radical (unpaired) electrons. The number of benzene rings is 2. The number of hydrogen-bond acceptors (Lipinski definition) is 4. The molecule has 2 N–H and O–H groups in total. The molecule has 2 atom stereocenters. The quantitative estimate of drug-likeness (QED) is 0.624. The summed E-state index contributed by atoms with van der Waals surface area (Å²) in [6.07, 6.45) is 0.579. The second kappa shape index (κ2) is 10.2. The van der Waals surface area contributed by atoms with Gasteiger partial charge in [0, 0.05) is 16.7 Å². The number of halogens is 1. The fourth-order valence-electron chi connectivity index (χ4n) is 3.59. The number of nitrogens with one attached hydrogen (secondary N) is 2. The van der Waals surface area contributed by atoms with Gasteiger partial charge >= 0.3 is 6.09 Å². The topological polar surface area (TPSA) is 87.7 Å². The number of carbonyl (C=O) groups excluding carboxylic acids is 3. The SMILES string of the molecule is CC(C)(C)OC(=O)NC(C(=O)N1CCCC1C(=O)Nc1ccc(Br)cc1)c1ccccc1. The maximum atomic E-state index is 13.5. The molecule has 1 saturated heterocycles. The van der Waals surface area contributed by atoms with E-state index in [0.29, 0.717) is 30.6 Å². The normalized spacial score (nSPS) is 16.9. The van der Waals surface area contributed by atoms with Crippen LogP contribution in [0.4, 0.5) is 10.5 Å². The molecule has 0 aromatic heterocycles. The summed E-state index contributed by atoms with van der Waals surface area (Å²) < 4.78 is 6.27. The van der Waals surface area contributed by atoms with Gasteiger partial charge in [-0.15, -0.1) is 0 Å². The summed E-state index contributed by atoms with van der Waals surface area (Å²) >= 11 is 3.37. The number of amides is 3. The molecule has 3 rings (SSSR count). The van der Waals surface area contributed by atoms with Gasteiger partial charge < -0.3 is 20.3 Å². The molecule has 0 saturated carbocycles. The molecule has 1 heterocycles. The summed E-state index contributed by atoms with van der Waals surface area (Å²) in [7, 11) is 0. The smallest absolute Gasteiger partial charge is 0.408 e. The number of anilines is 1. The van der Waals surface area contributed by atoms with Crippen LogP contribution in [-0.4, -0.2) is 41.0 Å².